The molecule has 0 rings (SSSR count). The molecule has 0 amide bonds. The quantitative estimate of drug-likeness (QED) is 0.695. The molecule has 1 atom stereocenters. The lowest BCUT2D eigenvalue weighted by Gasteiger charge is -2.19. The predicted octanol–water partition coefficient (Wildman–Crippen LogP) is 2.46. The number of thioether (sulfide) groups is 1. The van der Waals surface area contributed by atoms with Crippen molar-refractivity contribution in [2.75, 3.05) is 12.0 Å². The second kappa shape index (κ2) is 6.46. The van der Waals surface area contributed by atoms with Gasteiger partial charge in [-0.05, 0) is 24.9 Å². The Kier molecular flexibility index (Phi) is 6.45. The highest BCUT2D eigenvalue weighted by Crippen LogP contribution is 2.18. The Hall–Kier alpha value is -0.0200. The van der Waals surface area contributed by atoms with Crippen LogP contribution in [0.3, 0.4) is 0 Å². The van der Waals surface area contributed by atoms with Gasteiger partial charge < -0.3 is 5.73 Å². The summed E-state index contributed by atoms with van der Waals surface area (Å²) in [7, 11) is 0. The van der Waals surface area contributed by atoms with Gasteiger partial charge in [-0.2, -0.15) is 11.8 Å². The van der Waals surface area contributed by atoms with Gasteiger partial charge in [0, 0.05) is 17.9 Å². The average molecular weight is 217 g/mol. The molecule has 2 N–H and O–H groups in total. The zero-order valence-electron chi connectivity index (χ0n) is 9.80. The summed E-state index contributed by atoms with van der Waals surface area (Å²) in [5.41, 5.74) is 5.64. The average Bonchev–Trinajstić information content (AvgIpc) is 2.03. The number of carbonyl (C=O) groups is 1. The van der Waals surface area contributed by atoms with Gasteiger partial charge in [0.05, 0.1) is 0 Å². The van der Waals surface area contributed by atoms with Crippen molar-refractivity contribution >= 4 is 17.5 Å². The fraction of sp³-hybridized carbons (Fsp3) is 0.909. The topological polar surface area (TPSA) is 43.1 Å². The molecule has 84 valence electrons. The first-order valence-corrected chi connectivity index (χ1v) is 6.55. The Bertz CT molecular complexity index is 175. The zero-order valence-corrected chi connectivity index (χ0v) is 10.6. The SMILES string of the molecule is CSCCC[C@@H](N)CC(=O)C(C)(C)C. The molecule has 0 aliphatic heterocycles. The minimum absolute atomic E-state index is 0.0499. The summed E-state index contributed by atoms with van der Waals surface area (Å²) >= 11 is 1.83. The highest BCUT2D eigenvalue weighted by atomic mass is 32.2. The van der Waals surface area contributed by atoms with E-state index in [0.29, 0.717) is 6.42 Å². The van der Waals surface area contributed by atoms with Crippen molar-refractivity contribution in [3.8, 4) is 0 Å². The molecule has 0 radical (unpaired) electrons. The van der Waals surface area contributed by atoms with Crippen LogP contribution in [0.1, 0.15) is 40.0 Å². The van der Waals surface area contributed by atoms with Crippen LogP contribution in [0.15, 0.2) is 0 Å². The summed E-state index contributed by atoms with van der Waals surface area (Å²) < 4.78 is 0. The fourth-order valence-corrected chi connectivity index (χ4v) is 1.59. The van der Waals surface area contributed by atoms with Crippen LogP contribution in [0.5, 0.6) is 0 Å². The Labute approximate surface area is 92.0 Å². The van der Waals surface area contributed by atoms with Crippen LogP contribution in [0.2, 0.25) is 0 Å². The molecule has 0 saturated carbocycles. The van der Waals surface area contributed by atoms with E-state index in [9.17, 15) is 4.79 Å². The fourth-order valence-electron chi connectivity index (χ4n) is 1.14. The van der Waals surface area contributed by atoms with Crippen molar-refractivity contribution < 1.29 is 4.79 Å². The maximum absolute atomic E-state index is 11.6. The molecule has 0 aromatic rings. The molecule has 0 aromatic carbocycles. The standard InChI is InChI=1S/C11H23NOS/c1-11(2,3)10(13)8-9(12)6-5-7-14-4/h9H,5-8,12H2,1-4H3/t9-/m1/s1. The number of Topliss-reactive ketones (excluding diaryl/α,β-unsaturated/α-hetero) is 1. The Morgan fingerprint density at radius 2 is 2.00 bits per heavy atom. The second-order valence-electron chi connectivity index (χ2n) is 4.77. The first kappa shape index (κ1) is 14.0. The summed E-state index contributed by atoms with van der Waals surface area (Å²) in [6.07, 6.45) is 4.69. The highest BCUT2D eigenvalue weighted by Gasteiger charge is 2.22. The van der Waals surface area contributed by atoms with Crippen molar-refractivity contribution in [1.82, 2.24) is 0 Å². The zero-order chi connectivity index (χ0) is 11.2. The van der Waals surface area contributed by atoms with E-state index in [1.165, 1.54) is 0 Å². The summed E-state index contributed by atoms with van der Waals surface area (Å²) in [6.45, 7) is 5.85. The highest BCUT2D eigenvalue weighted by molar-refractivity contribution is 7.98. The number of rotatable bonds is 6. The van der Waals surface area contributed by atoms with Gasteiger partial charge in [-0.3, -0.25) is 4.79 Å². The molecular formula is C11H23NOS. The first-order valence-electron chi connectivity index (χ1n) is 5.15. The Balaban J connectivity index is 3.72. The third kappa shape index (κ3) is 6.44. The monoisotopic (exact) mass is 217 g/mol. The van der Waals surface area contributed by atoms with Gasteiger partial charge in [0.1, 0.15) is 5.78 Å². The molecular weight excluding hydrogens is 194 g/mol. The lowest BCUT2D eigenvalue weighted by molar-refractivity contribution is -0.126. The van der Waals surface area contributed by atoms with Crippen LogP contribution in [0, 0.1) is 5.41 Å². The second-order valence-corrected chi connectivity index (χ2v) is 5.76. The van der Waals surface area contributed by atoms with Gasteiger partial charge >= 0.3 is 0 Å². The van der Waals surface area contributed by atoms with Gasteiger partial charge in [-0.1, -0.05) is 20.8 Å². The maximum Gasteiger partial charge on any atom is 0.139 e. The van der Waals surface area contributed by atoms with E-state index < -0.39 is 0 Å². The number of hydrogen-bond acceptors (Lipinski definition) is 3. The predicted molar refractivity (Wildman–Crippen MR) is 64.7 cm³/mol. The molecule has 0 unspecified atom stereocenters. The summed E-state index contributed by atoms with van der Waals surface area (Å²) in [4.78, 5) is 11.6. The first-order chi connectivity index (χ1) is 6.38. The molecule has 0 saturated heterocycles. The van der Waals surface area contributed by atoms with Gasteiger partial charge in [-0.25, -0.2) is 0 Å². The normalized spacial score (nSPS) is 14.1. The Morgan fingerprint density at radius 3 is 2.43 bits per heavy atom. The molecule has 3 heteroatoms. The van der Waals surface area contributed by atoms with Crippen LogP contribution in [-0.4, -0.2) is 23.8 Å². The van der Waals surface area contributed by atoms with Crippen molar-refractivity contribution in [3.63, 3.8) is 0 Å². The van der Waals surface area contributed by atoms with E-state index in [2.05, 4.69) is 6.26 Å². The summed E-state index contributed by atoms with van der Waals surface area (Å²) in [5.74, 6) is 1.41. The molecule has 14 heavy (non-hydrogen) atoms. The summed E-state index contributed by atoms with van der Waals surface area (Å²) in [5, 5.41) is 0. The molecule has 0 bridgehead atoms. The van der Waals surface area contributed by atoms with Crippen LogP contribution < -0.4 is 5.73 Å². The molecule has 0 fully saturated rings. The van der Waals surface area contributed by atoms with E-state index in [4.69, 9.17) is 5.73 Å². The van der Waals surface area contributed by atoms with Crippen LogP contribution in [0.4, 0.5) is 0 Å². The molecule has 0 heterocycles. The van der Waals surface area contributed by atoms with Crippen LogP contribution in [0.25, 0.3) is 0 Å². The number of nitrogens with two attached hydrogens (primary N) is 1. The molecule has 2 nitrogen and oxygen atoms in total. The molecule has 0 aliphatic rings. The van der Waals surface area contributed by atoms with Crippen LogP contribution >= 0.6 is 11.8 Å². The number of ketones is 1. The minimum Gasteiger partial charge on any atom is -0.327 e. The van der Waals surface area contributed by atoms with Gasteiger partial charge in [-0.15, -0.1) is 0 Å². The third-order valence-corrected chi connectivity index (χ3v) is 2.90. The smallest absolute Gasteiger partial charge is 0.139 e. The lowest BCUT2D eigenvalue weighted by Crippen LogP contribution is -2.30. The van der Waals surface area contributed by atoms with Gasteiger partial charge in [0.2, 0.25) is 0 Å². The summed E-state index contributed by atoms with van der Waals surface area (Å²) in [6, 6.07) is 0.0499. The van der Waals surface area contributed by atoms with Crippen molar-refractivity contribution in [1.29, 1.82) is 0 Å². The van der Waals surface area contributed by atoms with Crippen LogP contribution in [-0.2, 0) is 4.79 Å². The van der Waals surface area contributed by atoms with Gasteiger partial charge in [0.25, 0.3) is 0 Å². The number of carbonyl (C=O) groups excluding carboxylic acids is 1. The lowest BCUT2D eigenvalue weighted by atomic mass is 9.86. The van der Waals surface area contributed by atoms with E-state index in [1.807, 2.05) is 32.5 Å². The van der Waals surface area contributed by atoms with E-state index in [-0.39, 0.29) is 17.2 Å². The largest absolute Gasteiger partial charge is 0.327 e. The van der Waals surface area contributed by atoms with Crippen molar-refractivity contribution in [2.24, 2.45) is 11.1 Å². The molecule has 0 aliphatic carbocycles. The Morgan fingerprint density at radius 1 is 1.43 bits per heavy atom. The molecule has 0 aromatic heterocycles. The van der Waals surface area contributed by atoms with Crippen molar-refractivity contribution in [2.45, 2.75) is 46.1 Å². The van der Waals surface area contributed by atoms with E-state index in [0.717, 1.165) is 18.6 Å². The number of hydrogen-bond donors (Lipinski definition) is 1. The minimum atomic E-state index is -0.239. The van der Waals surface area contributed by atoms with E-state index >= 15 is 0 Å². The van der Waals surface area contributed by atoms with E-state index in [1.54, 1.807) is 0 Å². The van der Waals surface area contributed by atoms with Crippen molar-refractivity contribution in [3.05, 3.63) is 0 Å². The molecule has 0 spiro atoms. The maximum atomic E-state index is 11.6. The third-order valence-electron chi connectivity index (χ3n) is 2.21. The van der Waals surface area contributed by atoms with Gasteiger partial charge in [0.15, 0.2) is 0 Å².